The van der Waals surface area contributed by atoms with Gasteiger partial charge in [0.15, 0.2) is 0 Å². The van der Waals surface area contributed by atoms with E-state index in [9.17, 15) is 9.90 Å². The summed E-state index contributed by atoms with van der Waals surface area (Å²) in [7, 11) is 1.58. The molecule has 5 rings (SSSR count). The Balaban J connectivity index is 1.34. The number of nitrogens with zero attached hydrogens (tertiary/aromatic N) is 5. The Morgan fingerprint density at radius 2 is 1.83 bits per heavy atom. The monoisotopic (exact) mass is 469 g/mol. The third-order valence-electron chi connectivity index (χ3n) is 6.48. The first-order valence-corrected chi connectivity index (χ1v) is 11.7. The molecule has 2 aromatic heterocycles. The largest absolute Gasteiger partial charge is 0.507 e. The zero-order valence-corrected chi connectivity index (χ0v) is 19.5. The number of hydrogen-bond donors (Lipinski definition) is 1. The zero-order chi connectivity index (χ0) is 24.2. The van der Waals surface area contributed by atoms with Gasteiger partial charge in [0.2, 0.25) is 0 Å². The highest BCUT2D eigenvalue weighted by Crippen LogP contribution is 2.38. The lowest BCUT2D eigenvalue weighted by Gasteiger charge is -2.35. The first kappa shape index (κ1) is 22.6. The van der Waals surface area contributed by atoms with Crippen molar-refractivity contribution in [2.24, 2.45) is 0 Å². The smallest absolute Gasteiger partial charge is 0.346 e. The van der Waals surface area contributed by atoms with Crippen LogP contribution in [0.2, 0.25) is 0 Å². The fraction of sp³-hybridized carbons (Fsp3) is 0.259. The minimum atomic E-state index is -0.155. The summed E-state index contributed by atoms with van der Waals surface area (Å²) in [6.45, 7) is 0.709. The van der Waals surface area contributed by atoms with Crippen LogP contribution in [0, 0.1) is 0 Å². The van der Waals surface area contributed by atoms with E-state index >= 15 is 0 Å². The summed E-state index contributed by atoms with van der Waals surface area (Å²) >= 11 is 0. The summed E-state index contributed by atoms with van der Waals surface area (Å²) in [5, 5.41) is 18.7. The van der Waals surface area contributed by atoms with E-state index in [0.717, 1.165) is 36.8 Å². The van der Waals surface area contributed by atoms with E-state index in [-0.39, 0.29) is 17.8 Å². The Hall–Kier alpha value is -4.20. The van der Waals surface area contributed by atoms with Gasteiger partial charge in [0.25, 0.3) is 0 Å². The fourth-order valence-electron chi connectivity index (χ4n) is 4.66. The van der Waals surface area contributed by atoms with E-state index in [1.807, 2.05) is 47.4 Å². The number of phenolic OH excluding ortho intramolecular Hbond substituents is 1. The van der Waals surface area contributed by atoms with Crippen LogP contribution in [0.15, 0.2) is 73.2 Å². The van der Waals surface area contributed by atoms with Crippen LogP contribution < -0.4 is 4.74 Å². The fourth-order valence-corrected chi connectivity index (χ4v) is 4.66. The summed E-state index contributed by atoms with van der Waals surface area (Å²) in [4.78, 5) is 19.3. The zero-order valence-electron chi connectivity index (χ0n) is 19.5. The van der Waals surface area contributed by atoms with Gasteiger partial charge < -0.3 is 14.7 Å². The predicted molar refractivity (Wildman–Crippen MR) is 132 cm³/mol. The third-order valence-corrected chi connectivity index (χ3v) is 6.48. The minimum Gasteiger partial charge on any atom is -0.507 e. The molecule has 1 amide bonds. The molecule has 1 fully saturated rings. The number of hydrogen-bond acceptors (Lipinski definition) is 6. The summed E-state index contributed by atoms with van der Waals surface area (Å²) in [5.74, 6) is 0.744. The van der Waals surface area contributed by atoms with Crippen molar-refractivity contribution in [3.05, 3.63) is 78.8 Å². The van der Waals surface area contributed by atoms with Crippen molar-refractivity contribution in [3.63, 3.8) is 0 Å². The quantitative estimate of drug-likeness (QED) is 0.452. The Kier molecular flexibility index (Phi) is 6.43. The van der Waals surface area contributed by atoms with Crippen molar-refractivity contribution < 1.29 is 14.6 Å². The first-order chi connectivity index (χ1) is 17.1. The van der Waals surface area contributed by atoms with E-state index < -0.39 is 0 Å². The highest BCUT2D eigenvalue weighted by Gasteiger charge is 2.28. The maximum absolute atomic E-state index is 13.3. The molecule has 1 aliphatic heterocycles. The van der Waals surface area contributed by atoms with Gasteiger partial charge in [-0.25, -0.2) is 4.79 Å². The topological polar surface area (TPSA) is 93.4 Å². The summed E-state index contributed by atoms with van der Waals surface area (Å²) < 4.78 is 6.73. The second kappa shape index (κ2) is 9.97. The number of carbonyl (C=O) groups is 1. The van der Waals surface area contributed by atoms with E-state index in [1.54, 1.807) is 37.8 Å². The van der Waals surface area contributed by atoms with Crippen LogP contribution >= 0.6 is 0 Å². The van der Waals surface area contributed by atoms with Crippen molar-refractivity contribution in [2.45, 2.75) is 31.7 Å². The number of aromatic hydroxyl groups is 1. The van der Waals surface area contributed by atoms with Gasteiger partial charge in [0.05, 0.1) is 18.9 Å². The molecule has 0 aliphatic carbocycles. The van der Waals surface area contributed by atoms with Crippen LogP contribution in [0.1, 0.15) is 24.8 Å². The molecule has 0 radical (unpaired) electrons. The molecule has 8 nitrogen and oxygen atoms in total. The highest BCUT2D eigenvalue weighted by molar-refractivity contribution is 5.79. The van der Waals surface area contributed by atoms with Crippen molar-refractivity contribution >= 4 is 6.03 Å². The van der Waals surface area contributed by atoms with Crippen LogP contribution in [-0.4, -0.2) is 55.7 Å². The van der Waals surface area contributed by atoms with Gasteiger partial charge in [-0.1, -0.05) is 35.5 Å². The number of carbonyl (C=O) groups excluding carboxylic acids is 1. The number of benzene rings is 2. The first-order valence-electron chi connectivity index (χ1n) is 11.7. The van der Waals surface area contributed by atoms with Gasteiger partial charge in [0, 0.05) is 30.5 Å². The second-order valence-corrected chi connectivity index (χ2v) is 8.67. The lowest BCUT2D eigenvalue weighted by Crippen LogP contribution is -2.46. The summed E-state index contributed by atoms with van der Waals surface area (Å²) in [6.07, 6.45) is 9.10. The lowest BCUT2D eigenvalue weighted by molar-refractivity contribution is 0.149. The van der Waals surface area contributed by atoms with E-state index in [0.29, 0.717) is 23.6 Å². The molecular formula is C27H27N5O3. The number of amides is 1. The molecule has 2 aromatic carbocycles. The van der Waals surface area contributed by atoms with Gasteiger partial charge in [-0.05, 0) is 61.1 Å². The second-order valence-electron chi connectivity index (χ2n) is 8.67. The van der Waals surface area contributed by atoms with Crippen LogP contribution in [0.4, 0.5) is 4.79 Å². The van der Waals surface area contributed by atoms with Crippen molar-refractivity contribution in [1.29, 1.82) is 0 Å². The Morgan fingerprint density at radius 1 is 1.06 bits per heavy atom. The average Bonchev–Trinajstić information content (AvgIpc) is 3.40. The van der Waals surface area contributed by atoms with E-state index in [1.165, 1.54) is 10.2 Å². The molecule has 35 heavy (non-hydrogen) atoms. The number of likely N-dealkylation sites (tertiary alicyclic amines) is 1. The number of pyridine rings is 1. The highest BCUT2D eigenvalue weighted by atomic mass is 16.5. The normalized spacial score (nSPS) is 15.7. The summed E-state index contributed by atoms with van der Waals surface area (Å²) in [6, 6.07) is 16.7. The molecule has 1 saturated heterocycles. The SMILES string of the molecule is COc1cccc(O)c1-c1ccc(-c2cn(C(=O)N3CCCCC3Cc3ccncc3)nn2)cc1. The van der Waals surface area contributed by atoms with Crippen molar-refractivity contribution in [3.8, 4) is 33.9 Å². The van der Waals surface area contributed by atoms with Crippen LogP contribution in [0.5, 0.6) is 11.5 Å². The predicted octanol–water partition coefficient (Wildman–Crippen LogP) is 4.79. The van der Waals surface area contributed by atoms with E-state index in [4.69, 9.17) is 4.74 Å². The van der Waals surface area contributed by atoms with Gasteiger partial charge >= 0.3 is 6.03 Å². The molecule has 0 bridgehead atoms. The Bertz CT molecular complexity index is 1300. The molecule has 0 saturated carbocycles. The maximum Gasteiger partial charge on any atom is 0.346 e. The van der Waals surface area contributed by atoms with Gasteiger partial charge in [0.1, 0.15) is 17.2 Å². The number of methoxy groups -OCH3 is 1. The molecule has 1 N–H and O–H groups in total. The molecule has 1 aliphatic rings. The standard InChI is InChI=1S/C27H27N5O3/c1-35-25-7-4-6-24(33)26(25)21-10-8-20(9-11-21)23-18-32(30-29-23)27(34)31-16-3-2-5-22(31)17-19-12-14-28-15-13-19/h4,6-15,18,22,33H,2-3,5,16-17H2,1H3. The van der Waals surface area contributed by atoms with E-state index in [2.05, 4.69) is 15.3 Å². The van der Waals surface area contributed by atoms with Crippen molar-refractivity contribution in [1.82, 2.24) is 24.9 Å². The number of piperidine rings is 1. The average molecular weight is 470 g/mol. The maximum atomic E-state index is 13.3. The molecule has 4 aromatic rings. The summed E-state index contributed by atoms with van der Waals surface area (Å²) in [5.41, 5.74) is 4.06. The van der Waals surface area contributed by atoms with Crippen LogP contribution in [0.3, 0.4) is 0 Å². The lowest BCUT2D eigenvalue weighted by atomic mass is 9.96. The number of ether oxygens (including phenoxy) is 1. The molecule has 1 unspecified atom stereocenters. The molecule has 0 spiro atoms. The van der Waals surface area contributed by atoms with Crippen LogP contribution in [0.25, 0.3) is 22.4 Å². The number of rotatable bonds is 5. The molecule has 3 heterocycles. The minimum absolute atomic E-state index is 0.124. The van der Waals surface area contributed by atoms with Gasteiger partial charge in [-0.3, -0.25) is 4.98 Å². The van der Waals surface area contributed by atoms with Crippen LogP contribution in [-0.2, 0) is 6.42 Å². The van der Waals surface area contributed by atoms with Gasteiger partial charge in [-0.15, -0.1) is 5.10 Å². The molecule has 1 atom stereocenters. The van der Waals surface area contributed by atoms with Gasteiger partial charge in [-0.2, -0.15) is 4.68 Å². The Morgan fingerprint density at radius 3 is 2.60 bits per heavy atom. The molecule has 178 valence electrons. The van der Waals surface area contributed by atoms with Crippen molar-refractivity contribution in [2.75, 3.05) is 13.7 Å². The molecule has 8 heteroatoms. The molecular weight excluding hydrogens is 442 g/mol. The number of phenols is 1. The Labute approximate surface area is 203 Å². The third kappa shape index (κ3) is 4.73. The number of aromatic nitrogens is 4.